The highest BCUT2D eigenvalue weighted by molar-refractivity contribution is 7.98. The van der Waals surface area contributed by atoms with Crippen molar-refractivity contribution in [2.24, 2.45) is 11.8 Å². The van der Waals surface area contributed by atoms with Gasteiger partial charge >= 0.3 is 0 Å². The van der Waals surface area contributed by atoms with E-state index in [0.717, 1.165) is 22.7 Å². The predicted molar refractivity (Wildman–Crippen MR) is 78.3 cm³/mol. The molecule has 1 fully saturated rings. The molecule has 0 aromatic carbocycles. The van der Waals surface area contributed by atoms with Crippen molar-refractivity contribution in [3.05, 3.63) is 6.07 Å². The molecule has 18 heavy (non-hydrogen) atoms. The van der Waals surface area contributed by atoms with E-state index in [4.69, 9.17) is 0 Å². The fourth-order valence-corrected chi connectivity index (χ4v) is 2.86. The Kier molecular flexibility index (Phi) is 4.32. The number of nitrogens with one attached hydrogen (secondary N) is 2. The van der Waals surface area contributed by atoms with Crippen molar-refractivity contribution in [3.8, 4) is 0 Å². The molecule has 5 heteroatoms. The van der Waals surface area contributed by atoms with Crippen LogP contribution in [0.3, 0.4) is 0 Å². The van der Waals surface area contributed by atoms with Gasteiger partial charge in [0.2, 0.25) is 0 Å². The molecule has 0 radical (unpaired) electrons. The topological polar surface area (TPSA) is 49.8 Å². The first kappa shape index (κ1) is 13.5. The van der Waals surface area contributed by atoms with Gasteiger partial charge in [-0.25, -0.2) is 9.97 Å². The third kappa shape index (κ3) is 2.88. The van der Waals surface area contributed by atoms with Gasteiger partial charge in [-0.05, 0) is 30.9 Å². The van der Waals surface area contributed by atoms with Gasteiger partial charge < -0.3 is 10.6 Å². The maximum Gasteiger partial charge on any atom is 0.191 e. The lowest BCUT2D eigenvalue weighted by atomic mass is 9.98. The molecule has 1 aromatic heterocycles. The average Bonchev–Trinajstić information content (AvgIpc) is 2.70. The molecule has 1 heterocycles. The van der Waals surface area contributed by atoms with E-state index >= 15 is 0 Å². The largest absolute Gasteiger partial charge is 0.373 e. The second kappa shape index (κ2) is 5.78. The molecule has 1 saturated carbocycles. The van der Waals surface area contributed by atoms with E-state index in [0.29, 0.717) is 12.0 Å². The van der Waals surface area contributed by atoms with Crippen LogP contribution in [0.4, 0.5) is 11.6 Å². The minimum atomic E-state index is 0.536. The summed E-state index contributed by atoms with van der Waals surface area (Å²) < 4.78 is 0. The molecule has 0 aliphatic heterocycles. The minimum absolute atomic E-state index is 0.536. The van der Waals surface area contributed by atoms with E-state index < -0.39 is 0 Å². The summed E-state index contributed by atoms with van der Waals surface area (Å²) in [5.41, 5.74) is 0. The number of thioether (sulfide) groups is 1. The second-order valence-corrected chi connectivity index (χ2v) is 5.81. The molecule has 0 amide bonds. The number of anilines is 2. The summed E-state index contributed by atoms with van der Waals surface area (Å²) in [5, 5.41) is 7.46. The van der Waals surface area contributed by atoms with E-state index in [2.05, 4.69) is 34.4 Å². The zero-order valence-electron chi connectivity index (χ0n) is 11.5. The van der Waals surface area contributed by atoms with Crippen molar-refractivity contribution in [2.45, 2.75) is 37.9 Å². The second-order valence-electron chi connectivity index (χ2n) is 5.04. The van der Waals surface area contributed by atoms with Crippen LogP contribution in [0.15, 0.2) is 11.2 Å². The van der Waals surface area contributed by atoms with Crippen molar-refractivity contribution in [2.75, 3.05) is 23.9 Å². The number of hydrogen-bond donors (Lipinski definition) is 2. The SMILES string of the molecule is CNc1cc(NC2CCC(C)C2C)nc(SC)n1. The molecular weight excluding hydrogens is 244 g/mol. The number of hydrogen-bond acceptors (Lipinski definition) is 5. The Labute approximate surface area is 113 Å². The van der Waals surface area contributed by atoms with Crippen LogP contribution in [0.5, 0.6) is 0 Å². The Morgan fingerprint density at radius 2 is 1.94 bits per heavy atom. The molecule has 4 nitrogen and oxygen atoms in total. The highest BCUT2D eigenvalue weighted by Crippen LogP contribution is 2.33. The zero-order chi connectivity index (χ0) is 13.1. The molecule has 3 atom stereocenters. The van der Waals surface area contributed by atoms with Crippen LogP contribution in [0, 0.1) is 11.8 Å². The molecule has 3 unspecified atom stereocenters. The van der Waals surface area contributed by atoms with E-state index in [1.54, 1.807) is 11.8 Å². The fourth-order valence-electron chi connectivity index (χ4n) is 2.48. The lowest BCUT2D eigenvalue weighted by Crippen LogP contribution is -2.24. The minimum Gasteiger partial charge on any atom is -0.373 e. The van der Waals surface area contributed by atoms with Gasteiger partial charge in [0.05, 0.1) is 0 Å². The van der Waals surface area contributed by atoms with Gasteiger partial charge in [0.15, 0.2) is 5.16 Å². The van der Waals surface area contributed by atoms with E-state index in [1.165, 1.54) is 12.8 Å². The van der Waals surface area contributed by atoms with Gasteiger partial charge in [-0.15, -0.1) is 0 Å². The molecule has 0 bridgehead atoms. The van der Waals surface area contributed by atoms with Crippen LogP contribution >= 0.6 is 11.8 Å². The standard InChI is InChI=1S/C13H22N4S/c1-8-5-6-10(9(8)2)15-12-7-11(14-3)16-13(17-12)18-4/h7-10H,5-6H2,1-4H3,(H2,14,15,16,17). The highest BCUT2D eigenvalue weighted by Gasteiger charge is 2.29. The van der Waals surface area contributed by atoms with Crippen LogP contribution < -0.4 is 10.6 Å². The molecule has 1 aromatic rings. The van der Waals surface area contributed by atoms with Crippen molar-refractivity contribution in [1.82, 2.24) is 9.97 Å². The first-order chi connectivity index (χ1) is 8.63. The molecule has 100 valence electrons. The monoisotopic (exact) mass is 266 g/mol. The smallest absolute Gasteiger partial charge is 0.191 e. The predicted octanol–water partition coefficient (Wildman–Crippen LogP) is 3.09. The van der Waals surface area contributed by atoms with Crippen molar-refractivity contribution >= 4 is 23.4 Å². The Hall–Kier alpha value is -0.970. The average molecular weight is 266 g/mol. The van der Waals surface area contributed by atoms with Gasteiger partial charge in [0.25, 0.3) is 0 Å². The molecule has 0 saturated heterocycles. The highest BCUT2D eigenvalue weighted by atomic mass is 32.2. The van der Waals surface area contributed by atoms with Crippen LogP contribution in [-0.2, 0) is 0 Å². The molecule has 1 aliphatic carbocycles. The van der Waals surface area contributed by atoms with Gasteiger partial charge in [-0.3, -0.25) is 0 Å². The summed E-state index contributed by atoms with van der Waals surface area (Å²) in [6.45, 7) is 4.66. The van der Waals surface area contributed by atoms with Crippen molar-refractivity contribution < 1.29 is 0 Å². The van der Waals surface area contributed by atoms with Crippen LogP contribution in [0.2, 0.25) is 0 Å². The molecule has 1 aliphatic rings. The lowest BCUT2D eigenvalue weighted by molar-refractivity contribution is 0.435. The third-order valence-electron chi connectivity index (χ3n) is 3.94. The summed E-state index contributed by atoms with van der Waals surface area (Å²) >= 11 is 1.57. The van der Waals surface area contributed by atoms with Crippen LogP contribution in [0.25, 0.3) is 0 Å². The quantitative estimate of drug-likeness (QED) is 0.648. The molecular formula is C13H22N4S. The van der Waals surface area contributed by atoms with Crippen LogP contribution in [0.1, 0.15) is 26.7 Å². The number of aromatic nitrogens is 2. The van der Waals surface area contributed by atoms with E-state index in [1.807, 2.05) is 19.4 Å². The number of rotatable bonds is 4. The molecule has 2 rings (SSSR count). The van der Waals surface area contributed by atoms with Crippen molar-refractivity contribution in [3.63, 3.8) is 0 Å². The molecule has 2 N–H and O–H groups in total. The third-order valence-corrected chi connectivity index (χ3v) is 4.49. The maximum atomic E-state index is 4.52. The first-order valence-corrected chi connectivity index (χ1v) is 7.74. The summed E-state index contributed by atoms with van der Waals surface area (Å²) in [4.78, 5) is 8.90. The van der Waals surface area contributed by atoms with Gasteiger partial charge in [0.1, 0.15) is 11.6 Å². The Balaban J connectivity index is 2.13. The van der Waals surface area contributed by atoms with Crippen LogP contribution in [-0.4, -0.2) is 29.3 Å². The van der Waals surface area contributed by atoms with E-state index in [-0.39, 0.29) is 0 Å². The molecule has 0 spiro atoms. The van der Waals surface area contributed by atoms with Crippen molar-refractivity contribution in [1.29, 1.82) is 0 Å². The fraction of sp³-hybridized carbons (Fsp3) is 0.692. The Morgan fingerprint density at radius 1 is 1.22 bits per heavy atom. The first-order valence-electron chi connectivity index (χ1n) is 6.51. The zero-order valence-corrected chi connectivity index (χ0v) is 12.3. The van der Waals surface area contributed by atoms with Gasteiger partial charge in [-0.1, -0.05) is 25.6 Å². The lowest BCUT2D eigenvalue weighted by Gasteiger charge is -2.20. The maximum absolute atomic E-state index is 4.52. The Bertz CT molecular complexity index is 388. The Morgan fingerprint density at radius 3 is 2.50 bits per heavy atom. The summed E-state index contributed by atoms with van der Waals surface area (Å²) in [7, 11) is 1.89. The summed E-state index contributed by atoms with van der Waals surface area (Å²) in [5.74, 6) is 3.31. The normalized spacial score (nSPS) is 27.2. The van der Waals surface area contributed by atoms with Gasteiger partial charge in [-0.2, -0.15) is 0 Å². The van der Waals surface area contributed by atoms with Gasteiger partial charge in [0, 0.05) is 19.2 Å². The number of nitrogens with zero attached hydrogens (tertiary/aromatic N) is 2. The van der Waals surface area contributed by atoms with E-state index in [9.17, 15) is 0 Å². The summed E-state index contributed by atoms with van der Waals surface area (Å²) in [6.07, 6.45) is 4.53. The summed E-state index contributed by atoms with van der Waals surface area (Å²) in [6, 6.07) is 2.52.